The number of ether oxygens (including phenoxy) is 1. The molecule has 1 amide bonds. The zero-order chi connectivity index (χ0) is 15.1. The van der Waals surface area contributed by atoms with Crippen molar-refractivity contribution in [2.75, 3.05) is 20.7 Å². The molecule has 0 heterocycles. The Bertz CT molecular complexity index is 447. The highest BCUT2D eigenvalue weighted by molar-refractivity contribution is 5.75. The summed E-state index contributed by atoms with van der Waals surface area (Å²) < 4.78 is 18.9. The molecule has 0 bridgehead atoms. The number of nitrogens with two attached hydrogens (primary N) is 1. The Labute approximate surface area is 119 Å². The standard InChI is InChI=1S/C15H23FN2O2/c1-11(17)7-12-8-13(16)10-14(9-12)20-6-4-5-15(19)18(2)3/h8-11H,4-7,17H2,1-3H3. The fraction of sp³-hybridized carbons (Fsp3) is 0.533. The van der Waals surface area contributed by atoms with Gasteiger partial charge in [0.05, 0.1) is 6.61 Å². The first-order valence-corrected chi connectivity index (χ1v) is 6.76. The third kappa shape index (κ3) is 6.02. The number of amides is 1. The molecule has 4 nitrogen and oxygen atoms in total. The maximum Gasteiger partial charge on any atom is 0.222 e. The molecule has 2 N–H and O–H groups in total. The van der Waals surface area contributed by atoms with Crippen molar-refractivity contribution < 1.29 is 13.9 Å². The first-order chi connectivity index (χ1) is 9.38. The lowest BCUT2D eigenvalue weighted by molar-refractivity contribution is -0.128. The molecule has 0 saturated carbocycles. The summed E-state index contributed by atoms with van der Waals surface area (Å²) in [4.78, 5) is 12.9. The Hall–Kier alpha value is -1.62. The van der Waals surface area contributed by atoms with Crippen molar-refractivity contribution in [3.63, 3.8) is 0 Å². The minimum atomic E-state index is -0.331. The lowest BCUT2D eigenvalue weighted by Gasteiger charge is -2.12. The van der Waals surface area contributed by atoms with E-state index in [2.05, 4.69) is 0 Å². The molecule has 0 aliphatic rings. The number of carbonyl (C=O) groups excluding carboxylic acids is 1. The number of nitrogens with zero attached hydrogens (tertiary/aromatic N) is 1. The lowest BCUT2D eigenvalue weighted by Crippen LogP contribution is -2.21. The first-order valence-electron chi connectivity index (χ1n) is 6.76. The van der Waals surface area contributed by atoms with Crippen molar-refractivity contribution in [1.82, 2.24) is 4.90 Å². The van der Waals surface area contributed by atoms with E-state index in [0.29, 0.717) is 31.6 Å². The number of halogens is 1. The Morgan fingerprint density at radius 1 is 1.40 bits per heavy atom. The van der Waals surface area contributed by atoms with E-state index in [4.69, 9.17) is 10.5 Å². The average molecular weight is 282 g/mol. The minimum Gasteiger partial charge on any atom is -0.493 e. The van der Waals surface area contributed by atoms with Gasteiger partial charge in [0.1, 0.15) is 11.6 Å². The summed E-state index contributed by atoms with van der Waals surface area (Å²) in [5, 5.41) is 0. The third-order valence-corrected chi connectivity index (χ3v) is 2.79. The molecule has 1 aromatic rings. The van der Waals surface area contributed by atoms with Crippen LogP contribution in [0.15, 0.2) is 18.2 Å². The van der Waals surface area contributed by atoms with Crippen molar-refractivity contribution in [2.45, 2.75) is 32.2 Å². The molecule has 1 rings (SSSR count). The van der Waals surface area contributed by atoms with E-state index in [-0.39, 0.29) is 17.8 Å². The summed E-state index contributed by atoms with van der Waals surface area (Å²) in [5.74, 6) is 0.214. The van der Waals surface area contributed by atoms with E-state index in [1.165, 1.54) is 12.1 Å². The zero-order valence-corrected chi connectivity index (χ0v) is 12.4. The summed E-state index contributed by atoms with van der Waals surface area (Å²) >= 11 is 0. The van der Waals surface area contributed by atoms with E-state index < -0.39 is 0 Å². The van der Waals surface area contributed by atoms with E-state index in [9.17, 15) is 9.18 Å². The molecule has 0 fully saturated rings. The lowest BCUT2D eigenvalue weighted by atomic mass is 10.1. The molecule has 0 aromatic heterocycles. The number of carbonyl (C=O) groups is 1. The molecule has 5 heteroatoms. The van der Waals surface area contributed by atoms with Gasteiger partial charge in [-0.15, -0.1) is 0 Å². The SMILES string of the molecule is CC(N)Cc1cc(F)cc(OCCCC(=O)N(C)C)c1. The van der Waals surface area contributed by atoms with Crippen LogP contribution in [-0.2, 0) is 11.2 Å². The molecule has 20 heavy (non-hydrogen) atoms. The molecule has 1 atom stereocenters. The molecular weight excluding hydrogens is 259 g/mol. The van der Waals surface area contributed by atoms with Crippen LogP contribution in [0.2, 0.25) is 0 Å². The number of hydrogen-bond acceptors (Lipinski definition) is 3. The molecule has 0 spiro atoms. The van der Waals surface area contributed by atoms with Crippen molar-refractivity contribution in [2.24, 2.45) is 5.73 Å². The van der Waals surface area contributed by atoms with Crippen LogP contribution < -0.4 is 10.5 Å². The van der Waals surface area contributed by atoms with Gasteiger partial charge in [-0.25, -0.2) is 4.39 Å². The summed E-state index contributed by atoms with van der Waals surface area (Å²) in [7, 11) is 3.44. The van der Waals surface area contributed by atoms with E-state index in [1.54, 1.807) is 25.1 Å². The van der Waals surface area contributed by atoms with Crippen molar-refractivity contribution in [1.29, 1.82) is 0 Å². The Kier molecular flexibility index (Phi) is 6.45. The van der Waals surface area contributed by atoms with Crippen LogP contribution in [0.1, 0.15) is 25.3 Å². The fourth-order valence-electron chi connectivity index (χ4n) is 1.83. The summed E-state index contributed by atoms with van der Waals surface area (Å²) in [6, 6.07) is 4.58. The quantitative estimate of drug-likeness (QED) is 0.778. The molecular formula is C15H23FN2O2. The van der Waals surface area contributed by atoms with Crippen LogP contribution in [0.25, 0.3) is 0 Å². The topological polar surface area (TPSA) is 55.6 Å². The van der Waals surface area contributed by atoms with Gasteiger partial charge in [-0.1, -0.05) is 0 Å². The van der Waals surface area contributed by atoms with E-state index in [1.807, 2.05) is 6.92 Å². The normalized spacial score (nSPS) is 12.1. The predicted molar refractivity (Wildman–Crippen MR) is 77.2 cm³/mol. The highest BCUT2D eigenvalue weighted by Gasteiger charge is 2.06. The molecule has 0 radical (unpaired) electrons. The molecule has 0 saturated heterocycles. The van der Waals surface area contributed by atoms with Crippen LogP contribution in [0.5, 0.6) is 5.75 Å². The van der Waals surface area contributed by atoms with E-state index >= 15 is 0 Å². The van der Waals surface area contributed by atoms with Gasteiger partial charge in [0.25, 0.3) is 0 Å². The van der Waals surface area contributed by atoms with Gasteiger partial charge in [0, 0.05) is 32.6 Å². The average Bonchev–Trinajstić information content (AvgIpc) is 2.32. The molecule has 1 unspecified atom stereocenters. The second kappa shape index (κ2) is 7.85. The van der Waals surface area contributed by atoms with Gasteiger partial charge in [0.15, 0.2) is 0 Å². The van der Waals surface area contributed by atoms with Crippen LogP contribution in [0.3, 0.4) is 0 Å². The molecule has 112 valence electrons. The Morgan fingerprint density at radius 3 is 2.70 bits per heavy atom. The van der Waals surface area contributed by atoms with Gasteiger partial charge in [-0.3, -0.25) is 4.79 Å². The fourth-order valence-corrected chi connectivity index (χ4v) is 1.83. The zero-order valence-electron chi connectivity index (χ0n) is 12.4. The summed E-state index contributed by atoms with van der Waals surface area (Å²) in [6.07, 6.45) is 1.64. The first kappa shape index (κ1) is 16.4. The maximum absolute atomic E-state index is 13.4. The molecule has 1 aromatic carbocycles. The van der Waals surface area contributed by atoms with Crippen molar-refractivity contribution in [3.8, 4) is 5.75 Å². The minimum absolute atomic E-state index is 0.0256. The van der Waals surface area contributed by atoms with Gasteiger partial charge in [-0.05, 0) is 37.5 Å². The van der Waals surface area contributed by atoms with Crippen LogP contribution >= 0.6 is 0 Å². The molecule has 0 aliphatic heterocycles. The van der Waals surface area contributed by atoms with Gasteiger partial charge in [0.2, 0.25) is 5.91 Å². The maximum atomic E-state index is 13.4. The smallest absolute Gasteiger partial charge is 0.222 e. The Morgan fingerprint density at radius 2 is 2.10 bits per heavy atom. The van der Waals surface area contributed by atoms with Gasteiger partial charge >= 0.3 is 0 Å². The molecule has 0 aliphatic carbocycles. The summed E-state index contributed by atoms with van der Waals surface area (Å²) in [6.45, 7) is 2.26. The Balaban J connectivity index is 2.47. The van der Waals surface area contributed by atoms with Gasteiger partial charge < -0.3 is 15.4 Å². The monoisotopic (exact) mass is 282 g/mol. The van der Waals surface area contributed by atoms with Crippen LogP contribution in [0.4, 0.5) is 4.39 Å². The van der Waals surface area contributed by atoms with Crippen LogP contribution in [-0.4, -0.2) is 37.6 Å². The number of benzene rings is 1. The number of hydrogen-bond donors (Lipinski definition) is 1. The second-order valence-corrected chi connectivity index (χ2v) is 5.22. The summed E-state index contributed by atoms with van der Waals surface area (Å²) in [5.41, 5.74) is 6.52. The highest BCUT2D eigenvalue weighted by atomic mass is 19.1. The third-order valence-electron chi connectivity index (χ3n) is 2.79. The van der Waals surface area contributed by atoms with Crippen molar-refractivity contribution >= 4 is 5.91 Å². The van der Waals surface area contributed by atoms with Gasteiger partial charge in [-0.2, -0.15) is 0 Å². The number of rotatable bonds is 7. The highest BCUT2D eigenvalue weighted by Crippen LogP contribution is 2.18. The van der Waals surface area contributed by atoms with Crippen LogP contribution in [0, 0.1) is 5.82 Å². The second-order valence-electron chi connectivity index (χ2n) is 5.22. The largest absolute Gasteiger partial charge is 0.493 e. The predicted octanol–water partition coefficient (Wildman–Crippen LogP) is 1.96. The van der Waals surface area contributed by atoms with E-state index in [0.717, 1.165) is 5.56 Å². The van der Waals surface area contributed by atoms with Crippen molar-refractivity contribution in [3.05, 3.63) is 29.6 Å².